The highest BCUT2D eigenvalue weighted by Crippen LogP contribution is 2.32. The highest BCUT2D eigenvalue weighted by atomic mass is 32.2. The zero-order valence-corrected chi connectivity index (χ0v) is 35.4. The van der Waals surface area contributed by atoms with Crippen molar-refractivity contribution in [3.8, 4) is 0 Å². The molecule has 8 rings (SSSR count). The molecule has 1 atom stereocenters. The number of aromatic nitrogens is 3. The molecule has 0 bridgehead atoms. The van der Waals surface area contributed by atoms with Gasteiger partial charge in [0.05, 0.1) is 33.9 Å². The van der Waals surface area contributed by atoms with Crippen molar-refractivity contribution < 1.29 is 27.7 Å². The maximum absolute atomic E-state index is 13.7. The molecule has 314 valence electrons. The van der Waals surface area contributed by atoms with Crippen molar-refractivity contribution in [3.05, 3.63) is 136 Å². The van der Waals surface area contributed by atoms with Crippen LogP contribution in [-0.2, 0) is 27.5 Å². The molecular weight excluding hydrogens is 837 g/mol. The maximum atomic E-state index is 13.7. The third-order valence-electron chi connectivity index (χ3n) is 10.6. The van der Waals surface area contributed by atoms with E-state index in [1.807, 2.05) is 53.4 Å². The SMILES string of the molecule is O=C(CS(=O)(=O)c1ccc(N[C@H](CCN2CCOCC2)CSc2ccccc2)c([N+](=O)[O-])c1)c1cccc(N2CCc3cccc(C(=O)Nc4nc5cnccc5s4)c3C2)n1. The number of thiazole rings is 1. The molecule has 3 aromatic heterocycles. The number of nitro benzene ring substituents is 1. The summed E-state index contributed by atoms with van der Waals surface area (Å²) in [5, 5.41) is 19.1. The van der Waals surface area contributed by atoms with Gasteiger partial charge in [-0.3, -0.25) is 34.9 Å². The van der Waals surface area contributed by atoms with Crippen molar-refractivity contribution >= 4 is 77.2 Å². The molecule has 6 aromatic rings. The number of carbonyl (C=O) groups is 2. The zero-order chi connectivity index (χ0) is 42.3. The molecule has 0 unspecified atom stereocenters. The number of fused-ring (bicyclic) bond motifs is 2. The first-order valence-electron chi connectivity index (χ1n) is 19.7. The van der Waals surface area contributed by atoms with E-state index in [4.69, 9.17) is 4.74 Å². The van der Waals surface area contributed by atoms with E-state index in [0.717, 1.165) is 46.4 Å². The van der Waals surface area contributed by atoms with Crippen LogP contribution >= 0.6 is 23.1 Å². The smallest absolute Gasteiger partial charge is 0.293 e. The van der Waals surface area contributed by atoms with E-state index in [9.17, 15) is 28.1 Å². The summed E-state index contributed by atoms with van der Waals surface area (Å²) in [6.45, 7) is 4.57. The summed E-state index contributed by atoms with van der Waals surface area (Å²) in [6, 6.07) is 25.7. The predicted octanol–water partition coefficient (Wildman–Crippen LogP) is 6.76. The number of hydrogen-bond donors (Lipinski definition) is 2. The number of nitrogens with zero attached hydrogens (tertiary/aromatic N) is 6. The Hall–Kier alpha value is -5.79. The van der Waals surface area contributed by atoms with E-state index in [2.05, 4.69) is 30.5 Å². The topological polar surface area (TPSA) is 190 Å². The minimum atomic E-state index is -4.32. The van der Waals surface area contributed by atoms with Crippen LogP contribution in [0.1, 0.15) is 38.4 Å². The third kappa shape index (κ3) is 10.2. The monoisotopic (exact) mass is 878 g/mol. The second-order valence-corrected chi connectivity index (χ2v) is 18.8. The van der Waals surface area contributed by atoms with E-state index in [-0.39, 0.29) is 28.2 Å². The van der Waals surface area contributed by atoms with Crippen LogP contribution < -0.4 is 15.5 Å². The van der Waals surface area contributed by atoms with Crippen LogP contribution in [0.15, 0.2) is 113 Å². The lowest BCUT2D eigenvalue weighted by molar-refractivity contribution is -0.384. The van der Waals surface area contributed by atoms with Gasteiger partial charge in [0, 0.05) is 67.2 Å². The number of amides is 1. The standard InChI is InChI=1S/C43H42N8O7S3/c52-39(36-10-5-11-41(46-36)50-19-15-29-6-4-9-33(34(29)26-50)42(53)48-43-47-37-25-44-17-14-40(37)60-43)28-61(56,57)32-12-13-35(38(24-32)51(54)55)45-30(16-18-49-20-22-58-23-21-49)27-59-31-7-2-1-3-8-31/h1-14,17,24-25,30,45H,15-16,18-23,26-28H2,(H,47,48,53)/t30-/m1/s1. The molecule has 0 spiro atoms. The Kier molecular flexibility index (Phi) is 13.0. The lowest BCUT2D eigenvalue weighted by atomic mass is 9.94. The van der Waals surface area contributed by atoms with Crippen LogP contribution in [0.5, 0.6) is 0 Å². The van der Waals surface area contributed by atoms with Gasteiger partial charge in [-0.05, 0) is 72.5 Å². The first-order valence-corrected chi connectivity index (χ1v) is 23.2. The van der Waals surface area contributed by atoms with Gasteiger partial charge in [0.2, 0.25) is 0 Å². The Morgan fingerprint density at radius 1 is 0.967 bits per heavy atom. The lowest BCUT2D eigenvalue weighted by Gasteiger charge is -2.31. The number of hydrogen-bond acceptors (Lipinski definition) is 15. The first kappa shape index (κ1) is 41.9. The minimum Gasteiger partial charge on any atom is -0.379 e. The van der Waals surface area contributed by atoms with Crippen LogP contribution in [0.2, 0.25) is 0 Å². The number of morpholine rings is 1. The van der Waals surface area contributed by atoms with Crippen LogP contribution in [0, 0.1) is 10.1 Å². The van der Waals surface area contributed by atoms with Crippen LogP contribution in [0.3, 0.4) is 0 Å². The summed E-state index contributed by atoms with van der Waals surface area (Å²) in [5.74, 6) is -0.921. The van der Waals surface area contributed by atoms with Gasteiger partial charge in [-0.25, -0.2) is 18.4 Å². The second-order valence-electron chi connectivity index (χ2n) is 14.6. The number of pyridine rings is 2. The molecule has 0 radical (unpaired) electrons. The number of carbonyl (C=O) groups excluding carboxylic acids is 2. The largest absolute Gasteiger partial charge is 0.379 e. The molecular formula is C43H42N8O7S3. The number of rotatable bonds is 16. The summed E-state index contributed by atoms with van der Waals surface area (Å²) in [7, 11) is -4.32. The number of nitrogens with one attached hydrogen (secondary N) is 2. The summed E-state index contributed by atoms with van der Waals surface area (Å²) in [5.41, 5.74) is 2.75. The molecule has 0 aliphatic carbocycles. The average Bonchev–Trinajstić information content (AvgIpc) is 3.69. The molecule has 18 heteroatoms. The van der Waals surface area contributed by atoms with Crippen molar-refractivity contribution in [2.75, 3.05) is 66.4 Å². The summed E-state index contributed by atoms with van der Waals surface area (Å²) >= 11 is 2.99. The van der Waals surface area contributed by atoms with Gasteiger partial charge in [0.25, 0.3) is 11.6 Å². The van der Waals surface area contributed by atoms with Gasteiger partial charge in [-0.15, -0.1) is 11.8 Å². The van der Waals surface area contributed by atoms with Gasteiger partial charge < -0.3 is 15.0 Å². The molecule has 61 heavy (non-hydrogen) atoms. The number of Topliss-reactive ketones (excluding diaryl/α,β-unsaturated/α-hetero) is 1. The molecule has 2 aliphatic rings. The Morgan fingerprint density at radius 2 is 1.79 bits per heavy atom. The fourth-order valence-corrected chi connectivity index (χ4v) is 10.4. The molecule has 2 aliphatic heterocycles. The molecule has 3 aromatic carbocycles. The molecule has 1 amide bonds. The summed E-state index contributed by atoms with van der Waals surface area (Å²) in [4.78, 5) is 57.0. The number of anilines is 3. The second kappa shape index (κ2) is 18.9. The Bertz CT molecular complexity index is 2640. The molecule has 15 nitrogen and oxygen atoms in total. The predicted molar refractivity (Wildman–Crippen MR) is 237 cm³/mol. The summed E-state index contributed by atoms with van der Waals surface area (Å²) < 4.78 is 33.8. The number of ketones is 1. The van der Waals surface area contributed by atoms with Gasteiger partial charge in [0.1, 0.15) is 28.5 Å². The Balaban J connectivity index is 0.950. The first-order chi connectivity index (χ1) is 29.6. The fourth-order valence-electron chi connectivity index (χ4n) is 7.34. The number of nitro groups is 1. The number of benzene rings is 3. The van der Waals surface area contributed by atoms with Crippen molar-refractivity contribution in [2.24, 2.45) is 0 Å². The van der Waals surface area contributed by atoms with Crippen molar-refractivity contribution in [3.63, 3.8) is 0 Å². The Labute approximate surface area is 360 Å². The number of sulfone groups is 1. The zero-order valence-electron chi connectivity index (χ0n) is 32.9. The highest BCUT2D eigenvalue weighted by Gasteiger charge is 2.28. The third-order valence-corrected chi connectivity index (χ3v) is 14.3. The van der Waals surface area contributed by atoms with E-state index < -0.39 is 32.0 Å². The van der Waals surface area contributed by atoms with E-state index in [1.54, 1.807) is 42.4 Å². The van der Waals surface area contributed by atoms with Gasteiger partial charge in [-0.1, -0.05) is 47.7 Å². The van der Waals surface area contributed by atoms with Crippen molar-refractivity contribution in [2.45, 2.75) is 35.2 Å². The maximum Gasteiger partial charge on any atom is 0.293 e. The van der Waals surface area contributed by atoms with Gasteiger partial charge >= 0.3 is 0 Å². The van der Waals surface area contributed by atoms with Crippen LogP contribution in [-0.4, -0.2) is 102 Å². The lowest BCUT2D eigenvalue weighted by Crippen LogP contribution is -2.39. The number of thioether (sulfide) groups is 1. The van der Waals surface area contributed by atoms with Crippen LogP contribution in [0.25, 0.3) is 10.2 Å². The van der Waals surface area contributed by atoms with Crippen molar-refractivity contribution in [1.29, 1.82) is 0 Å². The molecule has 5 heterocycles. The van der Waals surface area contributed by atoms with Crippen molar-refractivity contribution in [1.82, 2.24) is 19.9 Å². The fraction of sp³-hybridized carbons (Fsp3) is 0.279. The van der Waals surface area contributed by atoms with E-state index in [1.165, 1.54) is 29.5 Å². The van der Waals surface area contributed by atoms with Crippen LogP contribution in [0.4, 0.5) is 22.3 Å². The molecule has 2 N–H and O–H groups in total. The highest BCUT2D eigenvalue weighted by molar-refractivity contribution is 7.99. The van der Waals surface area contributed by atoms with E-state index >= 15 is 0 Å². The minimum absolute atomic E-state index is 0.0601. The average molecular weight is 879 g/mol. The summed E-state index contributed by atoms with van der Waals surface area (Å²) in [6.07, 6.45) is 4.62. The normalized spacial score (nSPS) is 14.9. The molecule has 1 fully saturated rings. The molecule has 0 saturated carbocycles. The quantitative estimate of drug-likeness (QED) is 0.0449. The van der Waals surface area contributed by atoms with Gasteiger partial charge in [-0.2, -0.15) is 0 Å². The number of ether oxygens (including phenoxy) is 1. The van der Waals surface area contributed by atoms with E-state index in [0.29, 0.717) is 66.9 Å². The Morgan fingerprint density at radius 3 is 2.59 bits per heavy atom. The van der Waals surface area contributed by atoms with Gasteiger partial charge in [0.15, 0.2) is 20.8 Å². The molecule has 1 saturated heterocycles.